The molecule has 116 valence electrons. The minimum absolute atomic E-state index is 0.116. The topological polar surface area (TPSA) is 41.1 Å². The molecule has 0 saturated heterocycles. The fourth-order valence-electron chi connectivity index (χ4n) is 2.64. The Balaban J connectivity index is 1.81. The minimum atomic E-state index is -0.116. The Morgan fingerprint density at radius 2 is 1.81 bits per heavy atom. The lowest BCUT2D eigenvalue weighted by Crippen LogP contribution is -2.39. The van der Waals surface area contributed by atoms with E-state index in [0.29, 0.717) is 27.2 Å². The number of halogens is 2. The van der Waals surface area contributed by atoms with Gasteiger partial charge in [0.2, 0.25) is 5.91 Å². The van der Waals surface area contributed by atoms with E-state index in [2.05, 4.69) is 24.5 Å². The molecule has 2 rings (SSSR count). The zero-order valence-electron chi connectivity index (χ0n) is 12.5. The molecule has 1 aliphatic rings. The monoisotopic (exact) mass is 328 g/mol. The summed E-state index contributed by atoms with van der Waals surface area (Å²) in [7, 11) is 0. The predicted molar refractivity (Wildman–Crippen MR) is 89.1 cm³/mol. The van der Waals surface area contributed by atoms with Crippen molar-refractivity contribution in [3.8, 4) is 0 Å². The smallest absolute Gasteiger partial charge is 0.238 e. The average Bonchev–Trinajstić information content (AvgIpc) is 2.42. The van der Waals surface area contributed by atoms with Crippen molar-refractivity contribution in [1.29, 1.82) is 0 Å². The van der Waals surface area contributed by atoms with Crippen LogP contribution >= 0.6 is 23.2 Å². The van der Waals surface area contributed by atoms with Gasteiger partial charge in [0.15, 0.2) is 0 Å². The van der Waals surface area contributed by atoms with Gasteiger partial charge in [0.25, 0.3) is 0 Å². The van der Waals surface area contributed by atoms with Gasteiger partial charge in [-0.25, -0.2) is 0 Å². The van der Waals surface area contributed by atoms with E-state index in [-0.39, 0.29) is 12.5 Å². The van der Waals surface area contributed by atoms with Crippen LogP contribution in [0.4, 0.5) is 5.69 Å². The number of nitrogens with one attached hydrogen (secondary N) is 2. The van der Waals surface area contributed by atoms with Crippen molar-refractivity contribution in [2.75, 3.05) is 11.9 Å². The molecule has 0 aromatic heterocycles. The van der Waals surface area contributed by atoms with Crippen LogP contribution in [-0.4, -0.2) is 18.5 Å². The number of benzene rings is 1. The molecule has 0 spiro atoms. The quantitative estimate of drug-likeness (QED) is 0.854. The van der Waals surface area contributed by atoms with E-state index in [0.717, 1.165) is 12.8 Å². The number of anilines is 1. The van der Waals surface area contributed by atoms with E-state index in [1.54, 1.807) is 18.2 Å². The van der Waals surface area contributed by atoms with Crippen molar-refractivity contribution in [2.24, 2.45) is 5.41 Å². The van der Waals surface area contributed by atoms with E-state index in [9.17, 15) is 4.79 Å². The maximum absolute atomic E-state index is 12.0. The van der Waals surface area contributed by atoms with E-state index in [4.69, 9.17) is 23.2 Å². The zero-order chi connectivity index (χ0) is 15.5. The van der Waals surface area contributed by atoms with Crippen molar-refractivity contribution < 1.29 is 4.79 Å². The molecule has 0 bridgehead atoms. The van der Waals surface area contributed by atoms with Gasteiger partial charge in [-0.05, 0) is 43.2 Å². The number of hydrogen-bond donors (Lipinski definition) is 2. The minimum Gasteiger partial charge on any atom is -0.322 e. The van der Waals surface area contributed by atoms with Gasteiger partial charge in [-0.3, -0.25) is 4.79 Å². The molecule has 21 heavy (non-hydrogen) atoms. The molecule has 0 aliphatic heterocycles. The van der Waals surface area contributed by atoms with Crippen LogP contribution in [0.1, 0.15) is 39.5 Å². The Labute approximate surface area is 136 Å². The summed E-state index contributed by atoms with van der Waals surface area (Å²) in [5.41, 5.74) is 0.920. The van der Waals surface area contributed by atoms with E-state index in [1.165, 1.54) is 12.8 Å². The molecule has 1 fully saturated rings. The van der Waals surface area contributed by atoms with Crippen LogP contribution in [0.5, 0.6) is 0 Å². The number of amides is 1. The summed E-state index contributed by atoms with van der Waals surface area (Å²) in [6.07, 6.45) is 4.63. The SMILES string of the molecule is CC1(C)CCC(NCC(=O)Nc2c(Cl)cccc2Cl)CC1. The molecule has 1 aromatic rings. The molecular weight excluding hydrogens is 307 g/mol. The third-order valence-corrected chi connectivity index (χ3v) is 4.75. The highest BCUT2D eigenvalue weighted by Gasteiger charge is 2.26. The molecule has 1 aromatic carbocycles. The molecule has 0 radical (unpaired) electrons. The Hall–Kier alpha value is -0.770. The Morgan fingerprint density at radius 1 is 1.24 bits per heavy atom. The third-order valence-electron chi connectivity index (χ3n) is 4.12. The molecule has 0 heterocycles. The van der Waals surface area contributed by atoms with Crippen LogP contribution in [-0.2, 0) is 4.79 Å². The van der Waals surface area contributed by atoms with Crippen LogP contribution in [0.2, 0.25) is 10.0 Å². The van der Waals surface area contributed by atoms with Crippen LogP contribution in [0.25, 0.3) is 0 Å². The van der Waals surface area contributed by atoms with E-state index < -0.39 is 0 Å². The summed E-state index contributed by atoms with van der Waals surface area (Å²) in [6, 6.07) is 5.59. The number of carbonyl (C=O) groups excluding carboxylic acids is 1. The van der Waals surface area contributed by atoms with E-state index in [1.807, 2.05) is 0 Å². The van der Waals surface area contributed by atoms with Crippen molar-refractivity contribution in [1.82, 2.24) is 5.32 Å². The molecular formula is C16H22Cl2N2O. The lowest BCUT2D eigenvalue weighted by Gasteiger charge is -2.34. The molecule has 0 atom stereocenters. The summed E-state index contributed by atoms with van der Waals surface area (Å²) in [5.74, 6) is -0.116. The van der Waals surface area contributed by atoms with Gasteiger partial charge in [-0.2, -0.15) is 0 Å². The van der Waals surface area contributed by atoms with Gasteiger partial charge in [0, 0.05) is 6.04 Å². The maximum atomic E-state index is 12.0. The second kappa shape index (κ2) is 6.99. The van der Waals surface area contributed by atoms with Crippen LogP contribution < -0.4 is 10.6 Å². The van der Waals surface area contributed by atoms with Gasteiger partial charge in [-0.15, -0.1) is 0 Å². The van der Waals surface area contributed by atoms with Gasteiger partial charge >= 0.3 is 0 Å². The highest BCUT2D eigenvalue weighted by molar-refractivity contribution is 6.39. The van der Waals surface area contributed by atoms with Crippen molar-refractivity contribution in [3.05, 3.63) is 28.2 Å². The molecule has 3 nitrogen and oxygen atoms in total. The third kappa shape index (κ3) is 4.87. The lowest BCUT2D eigenvalue weighted by atomic mass is 9.75. The molecule has 1 aliphatic carbocycles. The average molecular weight is 329 g/mol. The van der Waals surface area contributed by atoms with Gasteiger partial charge in [0.05, 0.1) is 22.3 Å². The Kier molecular flexibility index (Phi) is 5.53. The lowest BCUT2D eigenvalue weighted by molar-refractivity contribution is -0.115. The van der Waals surface area contributed by atoms with Crippen molar-refractivity contribution >= 4 is 34.8 Å². The summed E-state index contributed by atoms with van der Waals surface area (Å²) in [6.45, 7) is 4.89. The Morgan fingerprint density at radius 3 is 2.38 bits per heavy atom. The highest BCUT2D eigenvalue weighted by Crippen LogP contribution is 2.35. The largest absolute Gasteiger partial charge is 0.322 e. The highest BCUT2D eigenvalue weighted by atomic mass is 35.5. The molecule has 2 N–H and O–H groups in total. The van der Waals surface area contributed by atoms with Crippen LogP contribution in [0, 0.1) is 5.41 Å². The first-order valence-corrected chi connectivity index (χ1v) is 8.10. The standard InChI is InChI=1S/C16H22Cl2N2O/c1-16(2)8-6-11(7-9-16)19-10-14(21)20-15-12(17)4-3-5-13(15)18/h3-5,11,19H,6-10H2,1-2H3,(H,20,21). The fourth-order valence-corrected chi connectivity index (χ4v) is 3.13. The first-order chi connectivity index (χ1) is 9.87. The summed E-state index contributed by atoms with van der Waals surface area (Å²) in [5, 5.41) is 7.00. The number of para-hydroxylation sites is 1. The normalized spacial score (nSPS) is 18.5. The second-order valence-corrected chi connectivity index (χ2v) is 7.28. The summed E-state index contributed by atoms with van der Waals surface area (Å²) < 4.78 is 0. The van der Waals surface area contributed by atoms with Crippen molar-refractivity contribution in [3.63, 3.8) is 0 Å². The predicted octanol–water partition coefficient (Wildman–Crippen LogP) is 4.49. The first kappa shape index (κ1) is 16.6. The van der Waals surface area contributed by atoms with Gasteiger partial charge < -0.3 is 10.6 Å². The maximum Gasteiger partial charge on any atom is 0.238 e. The number of carbonyl (C=O) groups is 1. The van der Waals surface area contributed by atoms with Gasteiger partial charge in [0.1, 0.15) is 0 Å². The molecule has 0 unspecified atom stereocenters. The second-order valence-electron chi connectivity index (χ2n) is 6.46. The Bertz CT molecular complexity index is 487. The zero-order valence-corrected chi connectivity index (χ0v) is 14.0. The summed E-state index contributed by atoms with van der Waals surface area (Å²) in [4.78, 5) is 12.0. The molecule has 1 saturated carbocycles. The van der Waals surface area contributed by atoms with E-state index >= 15 is 0 Å². The fraction of sp³-hybridized carbons (Fsp3) is 0.562. The molecule has 1 amide bonds. The first-order valence-electron chi connectivity index (χ1n) is 7.35. The van der Waals surface area contributed by atoms with Crippen LogP contribution in [0.15, 0.2) is 18.2 Å². The van der Waals surface area contributed by atoms with Crippen molar-refractivity contribution in [2.45, 2.75) is 45.6 Å². The number of rotatable bonds is 4. The van der Waals surface area contributed by atoms with Crippen LogP contribution in [0.3, 0.4) is 0 Å². The number of hydrogen-bond acceptors (Lipinski definition) is 2. The summed E-state index contributed by atoms with van der Waals surface area (Å²) >= 11 is 12.1. The van der Waals surface area contributed by atoms with Gasteiger partial charge in [-0.1, -0.05) is 43.1 Å². The molecule has 5 heteroatoms.